The highest BCUT2D eigenvalue weighted by Gasteiger charge is 2.52. The number of sulfonamides is 1. The zero-order chi connectivity index (χ0) is 29.3. The van der Waals surface area contributed by atoms with Crippen molar-refractivity contribution in [2.75, 3.05) is 39.8 Å². The molecule has 1 N–H and O–H groups in total. The molecule has 10 heteroatoms. The minimum atomic E-state index is -3.61. The molecule has 9 nitrogen and oxygen atoms in total. The van der Waals surface area contributed by atoms with Crippen LogP contribution in [0.1, 0.15) is 29.9 Å². The second kappa shape index (κ2) is 11.5. The Morgan fingerprint density at radius 3 is 2.17 bits per heavy atom. The molecule has 0 unspecified atom stereocenters. The third-order valence-corrected chi connectivity index (χ3v) is 10.8. The Bertz CT molecular complexity index is 1520. The minimum Gasteiger partial charge on any atom is -0.497 e. The largest absolute Gasteiger partial charge is 0.497 e. The van der Waals surface area contributed by atoms with E-state index in [2.05, 4.69) is 22.3 Å². The van der Waals surface area contributed by atoms with E-state index in [0.717, 1.165) is 16.9 Å². The molecule has 0 aromatic heterocycles. The van der Waals surface area contributed by atoms with Crippen LogP contribution in [-0.4, -0.2) is 79.8 Å². The number of likely N-dealkylation sites (tertiary alicyclic amines) is 1. The molecule has 3 fully saturated rings. The Hall–Kier alpha value is -3.73. The Morgan fingerprint density at radius 2 is 1.52 bits per heavy atom. The smallest absolute Gasteiger partial charge is 0.325 e. The van der Waals surface area contributed by atoms with Crippen LogP contribution in [0.3, 0.4) is 0 Å². The molecule has 220 valence electrons. The summed E-state index contributed by atoms with van der Waals surface area (Å²) in [5, 5.41) is 3.00. The number of hydrogen-bond donors (Lipinski definition) is 1. The van der Waals surface area contributed by atoms with Crippen molar-refractivity contribution in [3.8, 4) is 5.75 Å². The lowest BCUT2D eigenvalue weighted by atomic mass is 9.85. The third-order valence-electron chi connectivity index (χ3n) is 8.96. The molecular formula is C32H36N4O5S. The summed E-state index contributed by atoms with van der Waals surface area (Å²) in [5.74, 6) is 0.706. The molecule has 3 aliphatic rings. The quantitative estimate of drug-likeness (QED) is 0.403. The van der Waals surface area contributed by atoms with E-state index < -0.39 is 15.6 Å². The van der Waals surface area contributed by atoms with Gasteiger partial charge in [0.25, 0.3) is 5.91 Å². The molecule has 42 heavy (non-hydrogen) atoms. The number of nitrogens with zero attached hydrogens (tertiary/aromatic N) is 3. The second-order valence-corrected chi connectivity index (χ2v) is 13.4. The number of carbonyl (C=O) groups excluding carboxylic acids is 2. The Kier molecular flexibility index (Phi) is 7.78. The normalized spacial score (nSPS) is 22.9. The fourth-order valence-electron chi connectivity index (χ4n) is 6.55. The summed E-state index contributed by atoms with van der Waals surface area (Å²) < 4.78 is 33.8. The number of rotatable bonds is 8. The molecule has 1 spiro atoms. The van der Waals surface area contributed by atoms with Crippen LogP contribution in [0.15, 0.2) is 89.8 Å². The van der Waals surface area contributed by atoms with Crippen molar-refractivity contribution < 1.29 is 22.7 Å². The van der Waals surface area contributed by atoms with Crippen molar-refractivity contribution in [3.05, 3.63) is 96.1 Å². The van der Waals surface area contributed by atoms with Gasteiger partial charge in [0.1, 0.15) is 11.3 Å². The summed E-state index contributed by atoms with van der Waals surface area (Å²) in [5.41, 5.74) is 1.10. The van der Waals surface area contributed by atoms with Gasteiger partial charge >= 0.3 is 6.03 Å². The lowest BCUT2D eigenvalue weighted by Crippen LogP contribution is -2.55. The van der Waals surface area contributed by atoms with Gasteiger partial charge in [-0.15, -0.1) is 0 Å². The predicted molar refractivity (Wildman–Crippen MR) is 158 cm³/mol. The van der Waals surface area contributed by atoms with E-state index in [1.165, 1.54) is 4.90 Å². The summed E-state index contributed by atoms with van der Waals surface area (Å²) in [6.45, 7) is 3.08. The predicted octanol–water partition coefficient (Wildman–Crippen LogP) is 3.69. The summed E-state index contributed by atoms with van der Waals surface area (Å²) in [7, 11) is -2.01. The third kappa shape index (κ3) is 5.42. The van der Waals surface area contributed by atoms with Gasteiger partial charge in [-0.1, -0.05) is 60.7 Å². The highest BCUT2D eigenvalue weighted by atomic mass is 32.2. The topological polar surface area (TPSA) is 99.3 Å². The lowest BCUT2D eigenvalue weighted by molar-refractivity contribution is -0.133. The lowest BCUT2D eigenvalue weighted by Gasteiger charge is -2.39. The number of amides is 3. The summed E-state index contributed by atoms with van der Waals surface area (Å²) >= 11 is 0. The summed E-state index contributed by atoms with van der Waals surface area (Å²) in [6, 6.07) is 25.7. The number of piperidine rings is 1. The standard InChI is InChI=1S/C32H36N4O5S/c1-41-27-14-12-24(13-15-27)20-36-30(37)32(33-31(36)38)16-18-34(19-17-32)21-26-22-35(23-29(26)25-8-4-2-5-9-25)42(39,40)28-10-6-3-7-11-28/h2-15,26,29H,16-23H2,1H3,(H,33,38)/t26-,29+/m0/s1. The van der Waals surface area contributed by atoms with Gasteiger partial charge in [-0.2, -0.15) is 4.31 Å². The molecule has 3 aromatic carbocycles. The van der Waals surface area contributed by atoms with Crippen LogP contribution in [0.2, 0.25) is 0 Å². The van der Waals surface area contributed by atoms with E-state index in [0.29, 0.717) is 50.5 Å². The van der Waals surface area contributed by atoms with Gasteiger partial charge < -0.3 is 15.0 Å². The molecule has 3 amide bonds. The van der Waals surface area contributed by atoms with E-state index in [4.69, 9.17) is 4.74 Å². The van der Waals surface area contributed by atoms with Crippen LogP contribution < -0.4 is 10.1 Å². The first kappa shape index (κ1) is 28.4. The zero-order valence-corrected chi connectivity index (χ0v) is 24.5. The van der Waals surface area contributed by atoms with Crippen molar-refractivity contribution in [2.24, 2.45) is 5.92 Å². The van der Waals surface area contributed by atoms with Crippen LogP contribution in [0, 0.1) is 5.92 Å². The maximum atomic E-state index is 13.5. The van der Waals surface area contributed by atoms with Crippen molar-refractivity contribution in [1.82, 2.24) is 19.4 Å². The van der Waals surface area contributed by atoms with Gasteiger partial charge in [-0.05, 0) is 54.2 Å². The van der Waals surface area contributed by atoms with Gasteiger partial charge in [0.05, 0.1) is 18.6 Å². The fourth-order valence-corrected chi connectivity index (χ4v) is 8.10. The van der Waals surface area contributed by atoms with E-state index in [-0.39, 0.29) is 30.3 Å². The van der Waals surface area contributed by atoms with E-state index in [1.54, 1.807) is 35.7 Å². The highest BCUT2D eigenvalue weighted by Crippen LogP contribution is 2.38. The fraction of sp³-hybridized carbons (Fsp3) is 0.375. The van der Waals surface area contributed by atoms with Crippen LogP contribution in [-0.2, 0) is 21.4 Å². The number of nitrogens with one attached hydrogen (secondary N) is 1. The maximum absolute atomic E-state index is 13.5. The number of benzene rings is 3. The molecule has 0 radical (unpaired) electrons. The molecule has 3 aliphatic heterocycles. The van der Waals surface area contributed by atoms with E-state index in [9.17, 15) is 18.0 Å². The molecule has 0 aliphatic carbocycles. The molecule has 0 saturated carbocycles. The SMILES string of the molecule is COc1ccc(CN2C(=O)NC3(CCN(C[C@H]4CN(S(=O)(=O)c5ccccc5)C[C@@H]4c4ccccc4)CC3)C2=O)cc1. The Morgan fingerprint density at radius 1 is 0.881 bits per heavy atom. The number of hydrogen-bond acceptors (Lipinski definition) is 6. The molecule has 2 atom stereocenters. The Balaban J connectivity index is 1.13. The van der Waals surface area contributed by atoms with E-state index >= 15 is 0 Å². The molecule has 0 bridgehead atoms. The van der Waals surface area contributed by atoms with Crippen LogP contribution in [0.25, 0.3) is 0 Å². The van der Waals surface area contributed by atoms with E-state index in [1.807, 2.05) is 48.5 Å². The second-order valence-electron chi connectivity index (χ2n) is 11.5. The van der Waals surface area contributed by atoms with Crippen molar-refractivity contribution >= 4 is 22.0 Å². The Labute approximate surface area is 247 Å². The van der Waals surface area contributed by atoms with Crippen molar-refractivity contribution in [3.63, 3.8) is 0 Å². The van der Waals surface area contributed by atoms with Crippen molar-refractivity contribution in [1.29, 1.82) is 0 Å². The number of carbonyl (C=O) groups is 2. The van der Waals surface area contributed by atoms with Gasteiger partial charge in [0, 0.05) is 38.6 Å². The molecule has 3 heterocycles. The van der Waals surface area contributed by atoms with Crippen LogP contribution >= 0.6 is 0 Å². The van der Waals surface area contributed by atoms with Crippen LogP contribution in [0.5, 0.6) is 5.75 Å². The van der Waals surface area contributed by atoms with Gasteiger partial charge in [-0.3, -0.25) is 9.69 Å². The maximum Gasteiger partial charge on any atom is 0.325 e. The van der Waals surface area contributed by atoms with Crippen molar-refractivity contribution in [2.45, 2.75) is 35.7 Å². The molecule has 3 saturated heterocycles. The summed E-state index contributed by atoms with van der Waals surface area (Å²) in [4.78, 5) is 30.3. The highest BCUT2D eigenvalue weighted by molar-refractivity contribution is 7.89. The molecule has 6 rings (SSSR count). The van der Waals surface area contributed by atoms with Crippen LogP contribution in [0.4, 0.5) is 4.79 Å². The number of ether oxygens (including phenoxy) is 1. The monoisotopic (exact) mass is 588 g/mol. The first-order chi connectivity index (χ1) is 20.3. The van der Waals surface area contributed by atoms with Gasteiger partial charge in [-0.25, -0.2) is 13.2 Å². The average Bonchev–Trinajstić information content (AvgIpc) is 3.55. The van der Waals surface area contributed by atoms with Gasteiger partial charge in [0.2, 0.25) is 10.0 Å². The van der Waals surface area contributed by atoms with Gasteiger partial charge in [0.15, 0.2) is 0 Å². The molecule has 3 aromatic rings. The first-order valence-electron chi connectivity index (χ1n) is 14.4. The minimum absolute atomic E-state index is 0.0633. The average molecular weight is 589 g/mol. The number of methoxy groups -OCH3 is 1. The number of imide groups is 1. The first-order valence-corrected chi connectivity index (χ1v) is 15.8. The molecular weight excluding hydrogens is 552 g/mol. The summed E-state index contributed by atoms with van der Waals surface area (Å²) in [6.07, 6.45) is 1.04. The zero-order valence-electron chi connectivity index (χ0n) is 23.7. The number of urea groups is 1.